The number of carbonyl (C=O) groups excluding carboxylic acids is 1. The lowest BCUT2D eigenvalue weighted by Gasteiger charge is -2.29. The quantitative estimate of drug-likeness (QED) is 0.866. The molecule has 0 saturated carbocycles. The zero-order valence-electron chi connectivity index (χ0n) is 15.8. The molecule has 0 atom stereocenters. The predicted molar refractivity (Wildman–Crippen MR) is 101 cm³/mol. The van der Waals surface area contributed by atoms with Crippen LogP contribution in [-0.2, 0) is 14.8 Å². The third kappa shape index (κ3) is 4.26. The molecule has 25 heavy (non-hydrogen) atoms. The topological polar surface area (TPSA) is 75.7 Å². The first-order valence-electron chi connectivity index (χ1n) is 8.54. The van der Waals surface area contributed by atoms with Crippen LogP contribution in [0.2, 0.25) is 0 Å². The number of rotatable bonds is 5. The largest absolute Gasteiger partial charge is 0.490 e. The summed E-state index contributed by atoms with van der Waals surface area (Å²) in [5.74, 6) is 0.823. The smallest absolute Gasteiger partial charge is 0.236 e. The van der Waals surface area contributed by atoms with E-state index in [1.165, 1.54) is 0 Å². The number of ether oxygens (including phenoxy) is 1. The molecule has 1 N–H and O–H groups in total. The molecule has 0 saturated heterocycles. The summed E-state index contributed by atoms with van der Waals surface area (Å²) in [6.07, 6.45) is 0. The highest BCUT2D eigenvalue weighted by Crippen LogP contribution is 2.38. The molecule has 1 aliphatic rings. The van der Waals surface area contributed by atoms with Crippen molar-refractivity contribution in [3.05, 3.63) is 18.2 Å². The number of anilines is 2. The fourth-order valence-corrected chi connectivity index (χ4v) is 3.23. The Morgan fingerprint density at radius 1 is 1.24 bits per heavy atom. The number of amides is 1. The van der Waals surface area contributed by atoms with E-state index in [0.29, 0.717) is 29.6 Å². The monoisotopic (exact) mass is 368 g/mol. The van der Waals surface area contributed by atoms with E-state index in [9.17, 15) is 13.2 Å². The van der Waals surface area contributed by atoms with Gasteiger partial charge in [-0.25, -0.2) is 8.42 Å². The second-order valence-electron chi connectivity index (χ2n) is 7.86. The van der Waals surface area contributed by atoms with Crippen molar-refractivity contribution in [1.29, 1.82) is 0 Å². The van der Waals surface area contributed by atoms with E-state index in [-0.39, 0.29) is 12.5 Å². The number of hydrogen-bond donors (Lipinski definition) is 1. The Morgan fingerprint density at radius 2 is 1.88 bits per heavy atom. The van der Waals surface area contributed by atoms with Crippen LogP contribution >= 0.6 is 0 Å². The first kappa shape index (κ1) is 19.6. The molecule has 0 aliphatic carbocycles. The summed E-state index contributed by atoms with van der Waals surface area (Å²) in [5, 5.41) is -0.537. The molecule has 6 nitrogen and oxygen atoms in total. The van der Waals surface area contributed by atoms with Gasteiger partial charge in [0.1, 0.15) is 12.4 Å². The van der Waals surface area contributed by atoms with Crippen LogP contribution in [0.3, 0.4) is 0 Å². The number of hydrogen-bond acceptors (Lipinski definition) is 4. The first-order chi connectivity index (χ1) is 11.4. The molecule has 0 fully saturated rings. The molecule has 1 heterocycles. The predicted octanol–water partition coefficient (Wildman–Crippen LogP) is 3.24. The summed E-state index contributed by atoms with van der Waals surface area (Å²) in [4.78, 5) is 14.6. The maximum absolute atomic E-state index is 12.9. The zero-order valence-corrected chi connectivity index (χ0v) is 16.6. The average molecular weight is 368 g/mol. The maximum Gasteiger partial charge on any atom is 0.236 e. The summed E-state index contributed by atoms with van der Waals surface area (Å²) < 4.78 is 32.6. The van der Waals surface area contributed by atoms with Crippen LogP contribution in [0, 0.1) is 11.3 Å². The molecule has 7 heteroatoms. The van der Waals surface area contributed by atoms with Gasteiger partial charge in [0.15, 0.2) is 0 Å². The van der Waals surface area contributed by atoms with Crippen LogP contribution < -0.4 is 14.4 Å². The van der Waals surface area contributed by atoms with Crippen molar-refractivity contribution in [1.82, 2.24) is 0 Å². The van der Waals surface area contributed by atoms with Crippen molar-refractivity contribution in [3.63, 3.8) is 0 Å². The third-order valence-electron chi connectivity index (χ3n) is 4.09. The first-order valence-corrected chi connectivity index (χ1v) is 10.1. The Labute approximate surface area is 150 Å². The Hall–Kier alpha value is -1.76. The van der Waals surface area contributed by atoms with E-state index in [1.54, 1.807) is 36.9 Å². The van der Waals surface area contributed by atoms with Crippen molar-refractivity contribution in [2.24, 2.45) is 11.3 Å². The molecule has 1 aromatic carbocycles. The Bertz CT molecular complexity index is 754. The molecule has 0 radical (unpaired) electrons. The van der Waals surface area contributed by atoms with Crippen LogP contribution in [-0.4, -0.2) is 32.7 Å². The Balaban J connectivity index is 2.44. The van der Waals surface area contributed by atoms with Gasteiger partial charge in [-0.1, -0.05) is 13.8 Å². The van der Waals surface area contributed by atoms with Crippen LogP contribution in [0.25, 0.3) is 0 Å². The number of nitrogens with zero attached hydrogens (tertiary/aromatic N) is 1. The van der Waals surface area contributed by atoms with Gasteiger partial charge < -0.3 is 9.64 Å². The normalized spacial score (nSPS) is 17.3. The van der Waals surface area contributed by atoms with Gasteiger partial charge in [0, 0.05) is 12.6 Å². The minimum absolute atomic E-state index is 0.00969. The van der Waals surface area contributed by atoms with Crippen LogP contribution in [0.15, 0.2) is 18.2 Å². The lowest BCUT2D eigenvalue weighted by molar-refractivity contribution is -0.127. The average Bonchev–Trinajstić information content (AvgIpc) is 2.57. The van der Waals surface area contributed by atoms with Gasteiger partial charge in [-0.05, 0) is 45.7 Å². The molecule has 0 bridgehead atoms. The van der Waals surface area contributed by atoms with Crippen LogP contribution in [0.5, 0.6) is 5.75 Å². The number of carbonyl (C=O) groups is 1. The standard InChI is InChI=1S/C18H28N2O4S/c1-12(2)10-20-15-8-7-14(19-25(22,23)13(3)4)9-16(15)24-11-18(5,6)17(20)21/h7-9,12-13,19H,10-11H2,1-6H3. The molecular weight excluding hydrogens is 340 g/mol. The SMILES string of the molecule is CC(C)CN1C(=O)C(C)(C)COc2cc(NS(=O)(=O)C(C)C)ccc21. The fraction of sp³-hybridized carbons (Fsp3) is 0.611. The van der Waals surface area contributed by atoms with Gasteiger partial charge in [-0.3, -0.25) is 9.52 Å². The Morgan fingerprint density at radius 3 is 2.44 bits per heavy atom. The number of benzene rings is 1. The zero-order chi connectivity index (χ0) is 19.0. The van der Waals surface area contributed by atoms with E-state index in [2.05, 4.69) is 18.6 Å². The van der Waals surface area contributed by atoms with Crippen LogP contribution in [0.1, 0.15) is 41.5 Å². The van der Waals surface area contributed by atoms with E-state index in [4.69, 9.17) is 4.74 Å². The van der Waals surface area contributed by atoms with Gasteiger partial charge in [0.05, 0.1) is 22.0 Å². The summed E-state index contributed by atoms with van der Waals surface area (Å²) in [6.45, 7) is 11.9. The summed E-state index contributed by atoms with van der Waals surface area (Å²) in [5.41, 5.74) is 0.465. The molecule has 1 aromatic rings. The molecule has 0 spiro atoms. The van der Waals surface area contributed by atoms with E-state index < -0.39 is 20.7 Å². The van der Waals surface area contributed by atoms with Crippen molar-refractivity contribution in [3.8, 4) is 5.75 Å². The molecule has 140 valence electrons. The van der Waals surface area contributed by atoms with Gasteiger partial charge >= 0.3 is 0 Å². The molecule has 1 aliphatic heterocycles. The lowest BCUT2D eigenvalue weighted by Crippen LogP contribution is -2.43. The highest BCUT2D eigenvalue weighted by Gasteiger charge is 2.38. The van der Waals surface area contributed by atoms with Crippen molar-refractivity contribution in [2.75, 3.05) is 22.8 Å². The van der Waals surface area contributed by atoms with Gasteiger partial charge in [-0.15, -0.1) is 0 Å². The molecule has 1 amide bonds. The van der Waals surface area contributed by atoms with E-state index >= 15 is 0 Å². The van der Waals surface area contributed by atoms with Gasteiger partial charge in [0.2, 0.25) is 15.9 Å². The second kappa shape index (κ2) is 6.86. The van der Waals surface area contributed by atoms with E-state index in [1.807, 2.05) is 13.8 Å². The highest BCUT2D eigenvalue weighted by molar-refractivity contribution is 7.93. The highest BCUT2D eigenvalue weighted by atomic mass is 32.2. The van der Waals surface area contributed by atoms with Crippen molar-refractivity contribution >= 4 is 27.3 Å². The van der Waals surface area contributed by atoms with Crippen molar-refractivity contribution < 1.29 is 17.9 Å². The van der Waals surface area contributed by atoms with E-state index in [0.717, 1.165) is 0 Å². The fourth-order valence-electron chi connectivity index (χ4n) is 2.54. The molecule has 0 unspecified atom stereocenters. The molecule has 0 aromatic heterocycles. The second-order valence-corrected chi connectivity index (χ2v) is 10.1. The minimum Gasteiger partial charge on any atom is -0.490 e. The minimum atomic E-state index is -3.44. The number of sulfonamides is 1. The van der Waals surface area contributed by atoms with Crippen LogP contribution in [0.4, 0.5) is 11.4 Å². The van der Waals surface area contributed by atoms with Crippen molar-refractivity contribution in [2.45, 2.75) is 46.8 Å². The lowest BCUT2D eigenvalue weighted by atomic mass is 9.92. The summed E-state index contributed by atoms with van der Waals surface area (Å²) in [6, 6.07) is 5.06. The third-order valence-corrected chi connectivity index (χ3v) is 5.85. The maximum atomic E-state index is 12.9. The van der Waals surface area contributed by atoms with Gasteiger partial charge in [-0.2, -0.15) is 0 Å². The summed E-state index contributed by atoms with van der Waals surface area (Å²) in [7, 11) is -3.44. The Kier molecular flexibility index (Phi) is 5.37. The number of nitrogens with one attached hydrogen (secondary N) is 1. The number of fused-ring (bicyclic) bond motifs is 1. The van der Waals surface area contributed by atoms with Gasteiger partial charge in [0.25, 0.3) is 0 Å². The molecular formula is C18H28N2O4S. The molecule has 2 rings (SSSR count). The summed E-state index contributed by atoms with van der Waals surface area (Å²) >= 11 is 0.